The Morgan fingerprint density at radius 3 is 2.20 bits per heavy atom. The quantitative estimate of drug-likeness (QED) is 0.248. The number of ether oxygens (including phenoxy) is 1. The van der Waals surface area contributed by atoms with Crippen molar-refractivity contribution in [3.05, 3.63) is 100 Å². The highest BCUT2D eigenvalue weighted by Gasteiger charge is 2.53. The number of hydrazone groups is 1. The van der Waals surface area contributed by atoms with E-state index < -0.39 is 52.3 Å². The fraction of sp³-hybridized carbons (Fsp3) is 0.250. The van der Waals surface area contributed by atoms with E-state index in [0.717, 1.165) is 42.5 Å². The highest BCUT2D eigenvalue weighted by Crippen LogP contribution is 2.40. The second-order valence-corrected chi connectivity index (χ2v) is 9.49. The van der Waals surface area contributed by atoms with Gasteiger partial charge in [-0.25, -0.2) is 0 Å². The average molecular weight is 598 g/mol. The zero-order chi connectivity index (χ0) is 30.0. The van der Waals surface area contributed by atoms with Gasteiger partial charge in [-0.05, 0) is 48.9 Å². The highest BCUT2D eigenvalue weighted by molar-refractivity contribution is 6.32. The van der Waals surface area contributed by atoms with Crippen molar-refractivity contribution in [2.45, 2.75) is 24.7 Å². The number of esters is 1. The average Bonchev–Trinajstić information content (AvgIpc) is 3.28. The lowest BCUT2D eigenvalue weighted by atomic mass is 9.74. The van der Waals surface area contributed by atoms with Crippen molar-refractivity contribution in [1.82, 2.24) is 5.01 Å². The van der Waals surface area contributed by atoms with Gasteiger partial charge >= 0.3 is 18.3 Å². The molecule has 0 saturated heterocycles. The monoisotopic (exact) mass is 597 g/mol. The Morgan fingerprint density at radius 1 is 0.976 bits per heavy atom. The van der Waals surface area contributed by atoms with Crippen LogP contribution in [-0.2, 0) is 32.1 Å². The van der Waals surface area contributed by atoms with Gasteiger partial charge in [-0.15, -0.1) is 0 Å². The van der Waals surface area contributed by atoms with E-state index in [9.17, 15) is 35.9 Å². The topological polar surface area (TPSA) is 71.0 Å². The van der Waals surface area contributed by atoms with E-state index in [1.807, 2.05) is 0 Å². The zero-order valence-corrected chi connectivity index (χ0v) is 22.1. The molecule has 1 atom stereocenters. The largest absolute Gasteiger partial charge is 0.465 e. The summed E-state index contributed by atoms with van der Waals surface area (Å²) in [7, 11) is 0. The molecule has 216 valence electrons. The van der Waals surface area contributed by atoms with Crippen LogP contribution in [0.25, 0.3) is 0 Å². The van der Waals surface area contributed by atoms with Crippen LogP contribution in [0, 0.1) is 0 Å². The number of amides is 1. The number of alkyl halides is 6. The number of hydrogen-bond acceptors (Lipinski definition) is 5. The molecule has 1 heterocycles. The van der Waals surface area contributed by atoms with Gasteiger partial charge in [-0.1, -0.05) is 48.0 Å². The maximum Gasteiger partial charge on any atom is 0.417 e. The Bertz CT molecular complexity index is 1460. The summed E-state index contributed by atoms with van der Waals surface area (Å²) in [5.74, 6) is -1.40. The van der Waals surface area contributed by atoms with Crippen LogP contribution in [0.2, 0.25) is 5.02 Å². The molecule has 1 N–H and O–H groups in total. The molecule has 0 aliphatic carbocycles. The minimum Gasteiger partial charge on any atom is -0.465 e. The minimum absolute atomic E-state index is 0.0110. The Morgan fingerprint density at radius 2 is 1.63 bits per heavy atom. The van der Waals surface area contributed by atoms with Crippen LogP contribution in [0.5, 0.6) is 0 Å². The third-order valence-corrected chi connectivity index (χ3v) is 6.64. The number of benzene rings is 3. The van der Waals surface area contributed by atoms with Crippen LogP contribution in [0.1, 0.15) is 29.2 Å². The number of halogens is 7. The number of rotatable bonds is 7. The third-order valence-electron chi connectivity index (χ3n) is 6.33. The zero-order valence-electron chi connectivity index (χ0n) is 21.3. The van der Waals surface area contributed by atoms with Crippen molar-refractivity contribution in [3.63, 3.8) is 0 Å². The summed E-state index contributed by atoms with van der Waals surface area (Å²) in [6.07, 6.45) is -9.26. The predicted molar refractivity (Wildman–Crippen MR) is 139 cm³/mol. The van der Waals surface area contributed by atoms with Gasteiger partial charge in [0.1, 0.15) is 6.54 Å². The summed E-state index contributed by atoms with van der Waals surface area (Å²) < 4.78 is 84.1. The third kappa shape index (κ3) is 6.32. The first-order valence-corrected chi connectivity index (χ1v) is 12.5. The number of hydrogen-bond donors (Lipinski definition) is 1. The molecule has 3 aromatic rings. The standard InChI is InChI=1S/C28H22ClF6N3O3/c1-2-41-25(40)26(18-6-4-3-5-7-18)16-38(15-23(39)36-20-11-9-19(10-12-20)27(30,31)32)37-24(26)17-8-13-21(22(29)14-17)28(33,34)35/h3-14H,2,15-16H2,1H3,(H,36,39). The number of nitrogens with zero attached hydrogens (tertiary/aromatic N) is 2. The highest BCUT2D eigenvalue weighted by atomic mass is 35.5. The van der Waals surface area contributed by atoms with Gasteiger partial charge in [-0.2, -0.15) is 31.4 Å². The van der Waals surface area contributed by atoms with Crippen molar-refractivity contribution >= 4 is 34.9 Å². The first kappa shape index (κ1) is 29.9. The smallest absolute Gasteiger partial charge is 0.417 e. The SMILES string of the molecule is CCOC(=O)C1(c2ccccc2)CN(CC(=O)Nc2ccc(C(F)(F)F)cc2)N=C1c1ccc(C(F)(F)F)c(Cl)c1. The number of anilines is 1. The number of carbonyl (C=O) groups is 2. The van der Waals surface area contributed by atoms with Crippen molar-refractivity contribution in [2.75, 3.05) is 25.0 Å². The van der Waals surface area contributed by atoms with Crippen molar-refractivity contribution in [2.24, 2.45) is 5.10 Å². The van der Waals surface area contributed by atoms with Crippen LogP contribution in [-0.4, -0.2) is 42.3 Å². The summed E-state index contributed by atoms with van der Waals surface area (Å²) in [5, 5.41) is 7.56. The maximum atomic E-state index is 13.6. The van der Waals surface area contributed by atoms with E-state index >= 15 is 0 Å². The van der Waals surface area contributed by atoms with Crippen LogP contribution in [0.4, 0.5) is 32.0 Å². The van der Waals surface area contributed by atoms with Crippen LogP contribution in [0.3, 0.4) is 0 Å². The fourth-order valence-corrected chi connectivity index (χ4v) is 4.78. The molecule has 1 unspecified atom stereocenters. The summed E-state index contributed by atoms with van der Waals surface area (Å²) in [6.45, 7) is 0.923. The van der Waals surface area contributed by atoms with Gasteiger partial charge in [0.05, 0.1) is 35.0 Å². The van der Waals surface area contributed by atoms with E-state index in [4.69, 9.17) is 16.3 Å². The Kier molecular flexibility index (Phi) is 8.34. The summed E-state index contributed by atoms with van der Waals surface area (Å²) >= 11 is 5.98. The molecular weight excluding hydrogens is 576 g/mol. The normalized spacial score (nSPS) is 17.3. The molecule has 1 aliphatic rings. The van der Waals surface area contributed by atoms with Gasteiger partial charge < -0.3 is 10.1 Å². The number of carbonyl (C=O) groups excluding carboxylic acids is 2. The number of nitrogens with one attached hydrogen (secondary N) is 1. The fourth-order valence-electron chi connectivity index (χ4n) is 4.49. The van der Waals surface area contributed by atoms with E-state index in [0.29, 0.717) is 5.56 Å². The Labute approximate surface area is 235 Å². The van der Waals surface area contributed by atoms with Gasteiger partial charge in [0.15, 0.2) is 5.41 Å². The molecule has 1 aliphatic heterocycles. The van der Waals surface area contributed by atoms with Crippen molar-refractivity contribution < 1.29 is 40.7 Å². The molecule has 0 spiro atoms. The van der Waals surface area contributed by atoms with Crippen LogP contribution in [0.15, 0.2) is 77.9 Å². The molecule has 0 aromatic heterocycles. The first-order valence-electron chi connectivity index (χ1n) is 12.2. The summed E-state index contributed by atoms with van der Waals surface area (Å²) in [6, 6.07) is 15.1. The molecule has 0 bridgehead atoms. The second kappa shape index (κ2) is 11.4. The van der Waals surface area contributed by atoms with Crippen molar-refractivity contribution in [3.8, 4) is 0 Å². The van der Waals surface area contributed by atoms with Gasteiger partial charge in [0.2, 0.25) is 5.91 Å². The maximum absolute atomic E-state index is 13.6. The molecular formula is C28H22ClF6N3O3. The summed E-state index contributed by atoms with van der Waals surface area (Å²) in [5.41, 5.74) is -2.97. The predicted octanol–water partition coefficient (Wildman–Crippen LogP) is 6.54. The van der Waals surface area contributed by atoms with E-state index in [1.54, 1.807) is 37.3 Å². The molecule has 13 heteroatoms. The molecule has 6 nitrogen and oxygen atoms in total. The van der Waals surface area contributed by atoms with Crippen molar-refractivity contribution in [1.29, 1.82) is 0 Å². The van der Waals surface area contributed by atoms with E-state index in [1.165, 1.54) is 5.01 Å². The molecule has 0 radical (unpaired) electrons. The lowest BCUT2D eigenvalue weighted by molar-refractivity contribution is -0.147. The lowest BCUT2D eigenvalue weighted by Gasteiger charge is -2.29. The molecule has 1 amide bonds. The molecule has 3 aromatic carbocycles. The first-order chi connectivity index (χ1) is 19.3. The van der Waals surface area contributed by atoms with E-state index in [-0.39, 0.29) is 30.1 Å². The minimum atomic E-state index is -4.72. The Hall–Kier alpha value is -4.06. The lowest BCUT2D eigenvalue weighted by Crippen LogP contribution is -2.48. The van der Waals surface area contributed by atoms with E-state index in [2.05, 4.69) is 10.4 Å². The molecule has 0 fully saturated rings. The molecule has 0 saturated carbocycles. The Balaban J connectivity index is 1.71. The second-order valence-electron chi connectivity index (χ2n) is 9.08. The van der Waals surface area contributed by atoms with Gasteiger partial charge in [0, 0.05) is 11.3 Å². The van der Waals surface area contributed by atoms with Crippen LogP contribution >= 0.6 is 11.6 Å². The van der Waals surface area contributed by atoms with Gasteiger partial charge in [-0.3, -0.25) is 14.6 Å². The van der Waals surface area contributed by atoms with Gasteiger partial charge in [0.25, 0.3) is 0 Å². The molecule has 41 heavy (non-hydrogen) atoms. The molecule has 4 rings (SSSR count). The summed E-state index contributed by atoms with van der Waals surface area (Å²) in [4.78, 5) is 26.4. The van der Waals surface area contributed by atoms with Crippen LogP contribution < -0.4 is 5.32 Å².